The molecule has 2 aromatic rings. The third kappa shape index (κ3) is 2.24. The molecule has 0 bridgehead atoms. The number of amides is 1. The molecule has 1 amide bonds. The van der Waals surface area contributed by atoms with E-state index in [-0.39, 0.29) is 12.5 Å². The van der Waals surface area contributed by atoms with E-state index in [0.717, 1.165) is 29.3 Å². The Morgan fingerprint density at radius 2 is 2.29 bits per heavy atom. The van der Waals surface area contributed by atoms with Gasteiger partial charge in [-0.05, 0) is 31.4 Å². The SMILES string of the molecule is COc1cccc2sc(C(=O)NC3(CO)CCC3)c(N)c12. The van der Waals surface area contributed by atoms with E-state index in [1.165, 1.54) is 11.3 Å². The molecular weight excluding hydrogens is 288 g/mol. The zero-order valence-electron chi connectivity index (χ0n) is 11.8. The molecule has 1 aromatic carbocycles. The first kappa shape index (κ1) is 14.2. The molecule has 1 saturated carbocycles. The van der Waals surface area contributed by atoms with Crippen molar-refractivity contribution in [1.29, 1.82) is 0 Å². The number of benzene rings is 1. The van der Waals surface area contributed by atoms with E-state index in [4.69, 9.17) is 10.5 Å². The summed E-state index contributed by atoms with van der Waals surface area (Å²) in [4.78, 5) is 13.0. The van der Waals surface area contributed by atoms with Gasteiger partial charge in [-0.15, -0.1) is 11.3 Å². The van der Waals surface area contributed by atoms with E-state index < -0.39 is 5.54 Å². The van der Waals surface area contributed by atoms with Crippen LogP contribution in [0.4, 0.5) is 5.69 Å². The van der Waals surface area contributed by atoms with E-state index in [2.05, 4.69) is 5.32 Å². The first-order valence-corrected chi connectivity index (χ1v) is 7.70. The van der Waals surface area contributed by atoms with Crippen molar-refractivity contribution in [2.24, 2.45) is 0 Å². The molecule has 1 fully saturated rings. The highest BCUT2D eigenvalue weighted by Gasteiger charge is 2.38. The normalized spacial score (nSPS) is 16.5. The fourth-order valence-corrected chi connectivity index (χ4v) is 3.74. The molecule has 4 N–H and O–H groups in total. The van der Waals surface area contributed by atoms with Gasteiger partial charge in [0.25, 0.3) is 5.91 Å². The van der Waals surface area contributed by atoms with Crippen molar-refractivity contribution in [3.63, 3.8) is 0 Å². The number of carbonyl (C=O) groups excluding carboxylic acids is 1. The van der Waals surface area contributed by atoms with E-state index in [1.807, 2.05) is 18.2 Å². The molecule has 5 nitrogen and oxygen atoms in total. The summed E-state index contributed by atoms with van der Waals surface area (Å²) in [6.45, 7) is -0.0349. The Balaban J connectivity index is 1.97. The lowest BCUT2D eigenvalue weighted by atomic mass is 9.77. The van der Waals surface area contributed by atoms with E-state index in [1.54, 1.807) is 7.11 Å². The number of hydrogen-bond donors (Lipinski definition) is 3. The first-order valence-electron chi connectivity index (χ1n) is 6.88. The van der Waals surface area contributed by atoms with Crippen LogP contribution in [0, 0.1) is 0 Å². The lowest BCUT2D eigenvalue weighted by Gasteiger charge is -2.40. The molecule has 21 heavy (non-hydrogen) atoms. The summed E-state index contributed by atoms with van der Waals surface area (Å²) in [6.07, 6.45) is 2.64. The molecule has 6 heteroatoms. The van der Waals surface area contributed by atoms with Gasteiger partial charge in [-0.3, -0.25) is 4.79 Å². The van der Waals surface area contributed by atoms with Gasteiger partial charge in [0.2, 0.25) is 0 Å². The van der Waals surface area contributed by atoms with Crippen LogP contribution in [0.3, 0.4) is 0 Å². The molecular formula is C15H18N2O3S. The number of rotatable bonds is 4. The summed E-state index contributed by atoms with van der Waals surface area (Å²) < 4.78 is 6.23. The quantitative estimate of drug-likeness (QED) is 0.808. The van der Waals surface area contributed by atoms with Crippen molar-refractivity contribution in [2.45, 2.75) is 24.8 Å². The molecule has 0 aliphatic heterocycles. The number of methoxy groups -OCH3 is 1. The molecule has 3 rings (SSSR count). The minimum atomic E-state index is -0.468. The Kier molecular flexibility index (Phi) is 3.51. The number of nitrogen functional groups attached to an aromatic ring is 1. The maximum atomic E-state index is 12.5. The van der Waals surface area contributed by atoms with Crippen LogP contribution in [0.5, 0.6) is 5.75 Å². The zero-order valence-corrected chi connectivity index (χ0v) is 12.6. The summed E-state index contributed by atoms with van der Waals surface area (Å²) in [7, 11) is 1.58. The van der Waals surface area contributed by atoms with Gasteiger partial charge in [-0.2, -0.15) is 0 Å². The Bertz CT molecular complexity index is 686. The number of anilines is 1. The fraction of sp³-hybridized carbons (Fsp3) is 0.400. The molecule has 1 aliphatic rings. The van der Waals surface area contributed by atoms with E-state index >= 15 is 0 Å². The number of ether oxygens (including phenoxy) is 1. The minimum absolute atomic E-state index is 0.0349. The molecule has 112 valence electrons. The van der Waals surface area contributed by atoms with Crippen molar-refractivity contribution in [1.82, 2.24) is 5.32 Å². The lowest BCUT2D eigenvalue weighted by Crippen LogP contribution is -2.56. The number of fused-ring (bicyclic) bond motifs is 1. The largest absolute Gasteiger partial charge is 0.496 e. The summed E-state index contributed by atoms with van der Waals surface area (Å²) in [5.74, 6) is 0.449. The monoisotopic (exact) mass is 306 g/mol. The second kappa shape index (κ2) is 5.20. The molecule has 1 aromatic heterocycles. The van der Waals surface area contributed by atoms with Gasteiger partial charge in [0, 0.05) is 4.70 Å². The van der Waals surface area contributed by atoms with Crippen molar-refractivity contribution >= 4 is 33.0 Å². The number of nitrogens with two attached hydrogens (primary N) is 1. The van der Waals surface area contributed by atoms with Crippen LogP contribution in [-0.4, -0.2) is 30.3 Å². The van der Waals surface area contributed by atoms with Gasteiger partial charge in [-0.25, -0.2) is 0 Å². The third-order valence-electron chi connectivity index (χ3n) is 4.13. The van der Waals surface area contributed by atoms with Gasteiger partial charge < -0.3 is 20.9 Å². The third-order valence-corrected chi connectivity index (χ3v) is 5.30. The van der Waals surface area contributed by atoms with Gasteiger partial charge in [-0.1, -0.05) is 6.07 Å². The fourth-order valence-electron chi connectivity index (χ4n) is 2.70. The van der Waals surface area contributed by atoms with Gasteiger partial charge in [0.15, 0.2) is 0 Å². The molecule has 0 spiro atoms. The maximum absolute atomic E-state index is 12.5. The summed E-state index contributed by atoms with van der Waals surface area (Å²) in [5, 5.41) is 13.2. The standard InChI is InChI=1S/C15H18N2O3S/c1-20-9-4-2-5-10-11(9)12(16)13(21-10)14(19)17-15(8-18)6-3-7-15/h2,4-5,18H,3,6-8,16H2,1H3,(H,17,19). The van der Waals surface area contributed by atoms with Gasteiger partial charge in [0.05, 0.1) is 30.3 Å². The Morgan fingerprint density at radius 3 is 2.86 bits per heavy atom. The number of nitrogens with one attached hydrogen (secondary N) is 1. The van der Waals surface area contributed by atoms with E-state index in [9.17, 15) is 9.90 Å². The van der Waals surface area contributed by atoms with Crippen molar-refractivity contribution in [3.8, 4) is 5.75 Å². The minimum Gasteiger partial charge on any atom is -0.496 e. The maximum Gasteiger partial charge on any atom is 0.264 e. The van der Waals surface area contributed by atoms with Gasteiger partial charge >= 0.3 is 0 Å². The molecule has 0 radical (unpaired) electrons. The number of carbonyl (C=O) groups is 1. The van der Waals surface area contributed by atoms with E-state index in [0.29, 0.717) is 16.3 Å². The molecule has 1 aliphatic carbocycles. The Morgan fingerprint density at radius 1 is 1.52 bits per heavy atom. The highest BCUT2D eigenvalue weighted by molar-refractivity contribution is 7.21. The molecule has 0 unspecified atom stereocenters. The molecule has 0 atom stereocenters. The van der Waals surface area contributed by atoms with Crippen LogP contribution < -0.4 is 15.8 Å². The Hall–Kier alpha value is -1.79. The highest BCUT2D eigenvalue weighted by atomic mass is 32.1. The number of aliphatic hydroxyl groups excluding tert-OH is 1. The number of aliphatic hydroxyl groups is 1. The second-order valence-corrected chi connectivity index (χ2v) is 6.48. The average Bonchev–Trinajstić information content (AvgIpc) is 2.80. The summed E-state index contributed by atoms with van der Waals surface area (Å²) >= 11 is 1.35. The molecule has 1 heterocycles. The Labute approximate surface area is 126 Å². The highest BCUT2D eigenvalue weighted by Crippen LogP contribution is 2.40. The van der Waals surface area contributed by atoms with Crippen molar-refractivity contribution in [3.05, 3.63) is 23.1 Å². The van der Waals surface area contributed by atoms with Crippen molar-refractivity contribution < 1.29 is 14.6 Å². The van der Waals surface area contributed by atoms with Crippen LogP contribution in [0.25, 0.3) is 10.1 Å². The van der Waals surface area contributed by atoms with Crippen LogP contribution in [0.1, 0.15) is 28.9 Å². The zero-order chi connectivity index (χ0) is 15.0. The second-order valence-electron chi connectivity index (χ2n) is 5.42. The van der Waals surface area contributed by atoms with Crippen molar-refractivity contribution in [2.75, 3.05) is 19.5 Å². The predicted octanol–water partition coefficient (Wildman–Crippen LogP) is 2.14. The van der Waals surface area contributed by atoms with Crippen LogP contribution in [0.2, 0.25) is 0 Å². The van der Waals surface area contributed by atoms with Crippen LogP contribution >= 0.6 is 11.3 Å². The summed E-state index contributed by atoms with van der Waals surface area (Å²) in [6, 6.07) is 5.62. The smallest absolute Gasteiger partial charge is 0.264 e. The summed E-state index contributed by atoms with van der Waals surface area (Å²) in [5.41, 5.74) is 6.12. The topological polar surface area (TPSA) is 84.6 Å². The number of hydrogen-bond acceptors (Lipinski definition) is 5. The molecule has 0 saturated heterocycles. The average molecular weight is 306 g/mol. The van der Waals surface area contributed by atoms with Crippen LogP contribution in [0.15, 0.2) is 18.2 Å². The number of thiophene rings is 1. The lowest BCUT2D eigenvalue weighted by molar-refractivity contribution is 0.0646. The predicted molar refractivity (Wildman–Crippen MR) is 83.9 cm³/mol. The first-order chi connectivity index (χ1) is 10.1. The van der Waals surface area contributed by atoms with Crippen LogP contribution in [-0.2, 0) is 0 Å². The van der Waals surface area contributed by atoms with Gasteiger partial charge in [0.1, 0.15) is 10.6 Å².